The molecule has 0 spiro atoms. The van der Waals surface area contributed by atoms with Crippen molar-refractivity contribution in [1.82, 2.24) is 0 Å². The lowest BCUT2D eigenvalue weighted by Gasteiger charge is -2.41. The van der Waals surface area contributed by atoms with Gasteiger partial charge in [0.1, 0.15) is 0 Å². The van der Waals surface area contributed by atoms with Gasteiger partial charge >= 0.3 is 41.7 Å². The summed E-state index contributed by atoms with van der Waals surface area (Å²) >= 11 is 0. The van der Waals surface area contributed by atoms with Gasteiger partial charge in [-0.3, -0.25) is 4.79 Å². The van der Waals surface area contributed by atoms with E-state index in [0.717, 1.165) is 57.1 Å². The molecule has 0 bridgehead atoms. The number of alkyl halides is 15. The fourth-order valence-electron chi connectivity index (χ4n) is 5.33. The van der Waals surface area contributed by atoms with Crippen molar-refractivity contribution in [2.75, 3.05) is 0 Å². The SMILES string of the molecule is CCCCCCC[C@H]1CC[C@H](CCc2ccc(C(=O)C(F)(F)C(F)(F)C(F)(F)C(F)(F)C(F)(F)C(F)(F)C(F)(F)F)cc2)CC1. The summed E-state index contributed by atoms with van der Waals surface area (Å²) in [4.78, 5) is 12.0. The third-order valence-corrected chi connectivity index (χ3v) is 8.35. The van der Waals surface area contributed by atoms with E-state index in [4.69, 9.17) is 0 Å². The third-order valence-electron chi connectivity index (χ3n) is 8.35. The van der Waals surface area contributed by atoms with E-state index in [0.29, 0.717) is 42.4 Å². The van der Waals surface area contributed by atoms with Gasteiger partial charge < -0.3 is 0 Å². The molecular formula is C29H33F15O. The number of unbranched alkanes of at least 4 members (excludes halogenated alkanes) is 4. The summed E-state index contributed by atoms with van der Waals surface area (Å²) in [5.41, 5.74) is -1.07. The average molecular weight is 683 g/mol. The zero-order valence-corrected chi connectivity index (χ0v) is 24.0. The van der Waals surface area contributed by atoms with Gasteiger partial charge in [-0.1, -0.05) is 95.4 Å². The third kappa shape index (κ3) is 7.54. The maximum absolute atomic E-state index is 14.3. The highest BCUT2D eigenvalue weighted by Gasteiger charge is 2.94. The molecule has 1 saturated carbocycles. The molecule has 0 amide bonds. The Kier molecular flexibility index (Phi) is 12.1. The van der Waals surface area contributed by atoms with Gasteiger partial charge in [-0.05, 0) is 30.2 Å². The van der Waals surface area contributed by atoms with Gasteiger partial charge in [-0.25, -0.2) is 0 Å². The van der Waals surface area contributed by atoms with E-state index < -0.39 is 53.1 Å². The van der Waals surface area contributed by atoms with Crippen LogP contribution in [-0.2, 0) is 6.42 Å². The van der Waals surface area contributed by atoms with E-state index >= 15 is 0 Å². The van der Waals surface area contributed by atoms with Crippen molar-refractivity contribution in [3.05, 3.63) is 35.4 Å². The lowest BCUT2D eigenvalue weighted by molar-refractivity contribution is -0.449. The van der Waals surface area contributed by atoms with Crippen molar-refractivity contribution in [2.45, 2.75) is 126 Å². The van der Waals surface area contributed by atoms with Crippen molar-refractivity contribution in [3.8, 4) is 0 Å². The topological polar surface area (TPSA) is 17.1 Å². The molecule has 260 valence electrons. The molecule has 1 nitrogen and oxygen atoms in total. The molecule has 2 rings (SSSR count). The summed E-state index contributed by atoms with van der Waals surface area (Å²) in [5.74, 6) is -50.3. The van der Waals surface area contributed by atoms with Crippen molar-refractivity contribution >= 4 is 5.78 Å². The number of Topliss-reactive ketones (excluding diaryl/α,β-unsaturated/α-hetero) is 1. The minimum Gasteiger partial charge on any atom is -0.287 e. The molecule has 1 aromatic rings. The molecule has 0 radical (unpaired) electrons. The number of ketones is 1. The van der Waals surface area contributed by atoms with Crippen molar-refractivity contribution in [1.29, 1.82) is 0 Å². The summed E-state index contributed by atoms with van der Waals surface area (Å²) in [6, 6.07) is 2.88. The van der Waals surface area contributed by atoms with E-state index in [1.165, 1.54) is 19.3 Å². The Balaban J connectivity index is 2.09. The van der Waals surface area contributed by atoms with Crippen molar-refractivity contribution in [3.63, 3.8) is 0 Å². The van der Waals surface area contributed by atoms with Gasteiger partial charge in [0.15, 0.2) is 0 Å². The van der Waals surface area contributed by atoms with Gasteiger partial charge in [0, 0.05) is 5.56 Å². The summed E-state index contributed by atoms with van der Waals surface area (Å²) in [7, 11) is 0. The predicted octanol–water partition coefficient (Wildman–Crippen LogP) is 11.3. The molecule has 0 aliphatic heterocycles. The highest BCUT2D eigenvalue weighted by atomic mass is 19.4. The minimum atomic E-state index is -8.43. The second kappa shape index (κ2) is 13.9. The van der Waals surface area contributed by atoms with Gasteiger partial charge in [-0.15, -0.1) is 0 Å². The van der Waals surface area contributed by atoms with Gasteiger partial charge in [0.2, 0.25) is 5.78 Å². The number of hydrogen-bond donors (Lipinski definition) is 0. The van der Waals surface area contributed by atoms with Crippen LogP contribution in [0.2, 0.25) is 0 Å². The first-order valence-electron chi connectivity index (χ1n) is 14.4. The summed E-state index contributed by atoms with van der Waals surface area (Å²) in [6.07, 6.45) is 4.23. The van der Waals surface area contributed by atoms with E-state index in [9.17, 15) is 70.7 Å². The Hall–Kier alpha value is -2.16. The first-order chi connectivity index (χ1) is 20.4. The van der Waals surface area contributed by atoms with Crippen LogP contribution in [0.3, 0.4) is 0 Å². The molecule has 0 unspecified atom stereocenters. The molecule has 1 aromatic carbocycles. The molecule has 16 heteroatoms. The van der Waals surface area contributed by atoms with Crippen LogP contribution in [0.4, 0.5) is 65.9 Å². The second-order valence-corrected chi connectivity index (χ2v) is 11.6. The molecule has 1 aliphatic rings. The first kappa shape index (κ1) is 39.0. The van der Waals surface area contributed by atoms with Gasteiger partial charge in [0.05, 0.1) is 0 Å². The van der Waals surface area contributed by atoms with Crippen LogP contribution in [0.1, 0.15) is 93.5 Å². The lowest BCUT2D eigenvalue weighted by Crippen LogP contribution is -2.73. The molecule has 0 heterocycles. The predicted molar refractivity (Wildman–Crippen MR) is 134 cm³/mol. The fourth-order valence-corrected chi connectivity index (χ4v) is 5.33. The van der Waals surface area contributed by atoms with Crippen LogP contribution in [0.15, 0.2) is 24.3 Å². The zero-order chi connectivity index (χ0) is 34.7. The van der Waals surface area contributed by atoms with Gasteiger partial charge in [0.25, 0.3) is 0 Å². The molecule has 1 aliphatic carbocycles. The smallest absolute Gasteiger partial charge is 0.287 e. The molecule has 45 heavy (non-hydrogen) atoms. The normalized spacial score (nSPS) is 19.6. The number of hydrogen-bond acceptors (Lipinski definition) is 1. The molecule has 0 saturated heterocycles. The van der Waals surface area contributed by atoms with Gasteiger partial charge in [-0.2, -0.15) is 65.9 Å². The summed E-state index contributed by atoms with van der Waals surface area (Å²) in [5, 5.41) is 0. The second-order valence-electron chi connectivity index (χ2n) is 11.6. The van der Waals surface area contributed by atoms with E-state index in [-0.39, 0.29) is 0 Å². The minimum absolute atomic E-state index is 0.317. The molecule has 0 aromatic heterocycles. The Morgan fingerprint density at radius 1 is 0.578 bits per heavy atom. The average Bonchev–Trinajstić information content (AvgIpc) is 2.95. The van der Waals surface area contributed by atoms with E-state index in [2.05, 4.69) is 6.92 Å². The lowest BCUT2D eigenvalue weighted by atomic mass is 9.77. The number of carbonyl (C=O) groups excluding carboxylic acids is 1. The molecular weight excluding hydrogens is 649 g/mol. The number of rotatable bonds is 16. The maximum Gasteiger partial charge on any atom is 0.460 e. The number of benzene rings is 1. The Morgan fingerprint density at radius 3 is 1.47 bits per heavy atom. The highest BCUT2D eigenvalue weighted by molar-refractivity contribution is 6.02. The van der Waals surface area contributed by atoms with Crippen LogP contribution in [0, 0.1) is 11.8 Å². The Bertz CT molecular complexity index is 1100. The van der Waals surface area contributed by atoms with Crippen molar-refractivity contribution in [2.24, 2.45) is 11.8 Å². The van der Waals surface area contributed by atoms with Crippen molar-refractivity contribution < 1.29 is 70.7 Å². The highest BCUT2D eigenvalue weighted by Crippen LogP contribution is 2.62. The van der Waals surface area contributed by atoms with Crippen LogP contribution >= 0.6 is 0 Å². The first-order valence-corrected chi connectivity index (χ1v) is 14.4. The maximum atomic E-state index is 14.3. The summed E-state index contributed by atoms with van der Waals surface area (Å²) in [6.45, 7) is 2.13. The summed E-state index contributed by atoms with van der Waals surface area (Å²) < 4.78 is 201. The largest absolute Gasteiger partial charge is 0.460 e. The Morgan fingerprint density at radius 2 is 1.00 bits per heavy atom. The molecule has 0 atom stereocenters. The van der Waals surface area contributed by atoms with Crippen LogP contribution < -0.4 is 0 Å². The molecule has 0 N–H and O–H groups in total. The Labute approximate surface area is 249 Å². The number of halogens is 15. The van der Waals surface area contributed by atoms with Crippen LogP contribution in [-0.4, -0.2) is 47.5 Å². The quantitative estimate of drug-likeness (QED) is 0.0964. The standard InChI is InChI=1S/C29H33F15O/c1-2-3-4-5-6-7-18-8-10-19(11-9-18)12-13-20-14-16-21(17-15-20)22(45)23(30,31)24(32,33)25(34,35)26(36,37)27(38,39)28(40,41)29(42,43)44/h14-19H,2-13H2,1H3/t18-,19-. The van der Waals surface area contributed by atoms with Crippen LogP contribution in [0.5, 0.6) is 0 Å². The number of aryl methyl sites for hydroxylation is 1. The fraction of sp³-hybridized carbons (Fsp3) is 0.759. The van der Waals surface area contributed by atoms with E-state index in [1.807, 2.05) is 0 Å². The van der Waals surface area contributed by atoms with E-state index in [1.54, 1.807) is 0 Å². The monoisotopic (exact) mass is 682 g/mol. The van der Waals surface area contributed by atoms with Crippen LogP contribution in [0.25, 0.3) is 0 Å². The number of carbonyl (C=O) groups is 1. The zero-order valence-electron chi connectivity index (χ0n) is 24.0. The molecule has 1 fully saturated rings.